The summed E-state index contributed by atoms with van der Waals surface area (Å²) >= 11 is 9.35. The van der Waals surface area contributed by atoms with Gasteiger partial charge in [-0.1, -0.05) is 12.1 Å². The molecule has 0 aliphatic carbocycles. The minimum atomic E-state index is 0.254. The minimum absolute atomic E-state index is 0.254. The highest BCUT2D eigenvalue weighted by Gasteiger charge is 2.07. The van der Waals surface area contributed by atoms with Gasteiger partial charge in [-0.2, -0.15) is 4.98 Å². The van der Waals surface area contributed by atoms with E-state index in [2.05, 4.69) is 25.9 Å². The smallest absolute Gasteiger partial charge is 0.224 e. The fraction of sp³-hybridized carbons (Fsp3) is 0. The lowest BCUT2D eigenvalue weighted by molar-refractivity contribution is 1.07. The molecule has 0 spiro atoms. The molecule has 0 atom stereocenters. The number of aromatic nitrogens is 3. The number of halogens is 2. The molecule has 5 heteroatoms. The summed E-state index contributed by atoms with van der Waals surface area (Å²) in [5.41, 5.74) is 1.83. The lowest BCUT2D eigenvalue weighted by Crippen LogP contribution is -1.95. The fourth-order valence-corrected chi connectivity index (χ4v) is 2.34. The summed E-state index contributed by atoms with van der Waals surface area (Å²) in [4.78, 5) is 8.22. The van der Waals surface area contributed by atoms with Crippen LogP contribution < -0.4 is 0 Å². The second-order valence-electron chi connectivity index (χ2n) is 3.56. The number of para-hydroxylation sites is 1. The Labute approximate surface area is 111 Å². The first kappa shape index (κ1) is 10.7. The van der Waals surface area contributed by atoms with Crippen LogP contribution in [0, 0.1) is 0 Å². The van der Waals surface area contributed by atoms with Crippen molar-refractivity contribution in [2.75, 3.05) is 0 Å². The molecule has 0 fully saturated rings. The van der Waals surface area contributed by atoms with Crippen LogP contribution in [-0.2, 0) is 0 Å². The van der Waals surface area contributed by atoms with E-state index in [0.29, 0.717) is 0 Å². The van der Waals surface area contributed by atoms with Gasteiger partial charge in [0.1, 0.15) is 5.65 Å². The Bertz CT molecular complexity index is 693. The summed E-state index contributed by atoms with van der Waals surface area (Å²) < 4.78 is 2.99. The SMILES string of the molecule is Clc1ncc2ccn(-c3ccccc3Br)c2n1. The van der Waals surface area contributed by atoms with E-state index < -0.39 is 0 Å². The highest BCUT2D eigenvalue weighted by molar-refractivity contribution is 9.10. The zero-order valence-corrected chi connectivity index (χ0v) is 11.0. The topological polar surface area (TPSA) is 30.7 Å². The quantitative estimate of drug-likeness (QED) is 0.640. The van der Waals surface area contributed by atoms with E-state index in [1.807, 2.05) is 41.1 Å². The summed E-state index contributed by atoms with van der Waals surface area (Å²) in [5.74, 6) is 0. The number of hydrogen-bond donors (Lipinski definition) is 0. The zero-order chi connectivity index (χ0) is 11.8. The highest BCUT2D eigenvalue weighted by atomic mass is 79.9. The zero-order valence-electron chi connectivity index (χ0n) is 8.64. The maximum atomic E-state index is 5.83. The first-order valence-electron chi connectivity index (χ1n) is 5.00. The van der Waals surface area contributed by atoms with E-state index in [-0.39, 0.29) is 5.28 Å². The van der Waals surface area contributed by atoms with Gasteiger partial charge < -0.3 is 4.57 Å². The van der Waals surface area contributed by atoms with Crippen LogP contribution in [-0.4, -0.2) is 14.5 Å². The van der Waals surface area contributed by atoms with Gasteiger partial charge in [0.25, 0.3) is 0 Å². The van der Waals surface area contributed by atoms with Gasteiger partial charge in [-0.3, -0.25) is 0 Å². The van der Waals surface area contributed by atoms with Gasteiger partial charge in [0, 0.05) is 22.3 Å². The standard InChI is InChI=1S/C12H7BrClN3/c13-9-3-1-2-4-10(9)17-6-5-8-7-15-12(14)16-11(8)17/h1-7H. The van der Waals surface area contributed by atoms with E-state index in [0.717, 1.165) is 21.2 Å². The maximum Gasteiger partial charge on any atom is 0.224 e. The van der Waals surface area contributed by atoms with Crippen LogP contribution in [0.2, 0.25) is 5.28 Å². The van der Waals surface area contributed by atoms with E-state index in [1.54, 1.807) is 6.20 Å². The number of hydrogen-bond acceptors (Lipinski definition) is 2. The molecule has 3 rings (SSSR count). The monoisotopic (exact) mass is 307 g/mol. The van der Waals surface area contributed by atoms with E-state index in [9.17, 15) is 0 Å². The van der Waals surface area contributed by atoms with Crippen LogP contribution in [0.3, 0.4) is 0 Å². The average Bonchev–Trinajstić information content (AvgIpc) is 2.72. The molecular weight excluding hydrogens is 302 g/mol. The summed E-state index contributed by atoms with van der Waals surface area (Å²) in [6.45, 7) is 0. The van der Waals surface area contributed by atoms with Crippen LogP contribution in [0.5, 0.6) is 0 Å². The molecule has 3 nitrogen and oxygen atoms in total. The molecule has 0 amide bonds. The van der Waals surface area contributed by atoms with Crippen molar-refractivity contribution in [3.8, 4) is 5.69 Å². The Hall–Kier alpha value is -1.39. The third-order valence-electron chi connectivity index (χ3n) is 2.51. The number of nitrogens with zero attached hydrogens (tertiary/aromatic N) is 3. The van der Waals surface area contributed by atoms with Crippen LogP contribution in [0.1, 0.15) is 0 Å². The van der Waals surface area contributed by atoms with Crippen molar-refractivity contribution in [2.45, 2.75) is 0 Å². The first-order chi connectivity index (χ1) is 8.25. The van der Waals surface area contributed by atoms with Gasteiger partial charge in [0.2, 0.25) is 5.28 Å². The fourth-order valence-electron chi connectivity index (χ4n) is 1.74. The molecule has 2 heterocycles. The Morgan fingerprint density at radius 1 is 1.18 bits per heavy atom. The average molecular weight is 309 g/mol. The molecule has 17 heavy (non-hydrogen) atoms. The summed E-state index contributed by atoms with van der Waals surface area (Å²) in [6, 6.07) is 9.92. The second kappa shape index (κ2) is 4.13. The third-order valence-corrected chi connectivity index (χ3v) is 3.36. The molecule has 2 aromatic heterocycles. The van der Waals surface area contributed by atoms with Crippen molar-refractivity contribution < 1.29 is 0 Å². The molecule has 0 unspecified atom stereocenters. The molecule has 0 saturated carbocycles. The maximum absolute atomic E-state index is 5.83. The van der Waals surface area contributed by atoms with Crippen molar-refractivity contribution in [1.29, 1.82) is 0 Å². The molecule has 1 aromatic carbocycles. The summed E-state index contributed by atoms with van der Waals surface area (Å²) in [6.07, 6.45) is 3.67. The molecule has 84 valence electrons. The lowest BCUT2D eigenvalue weighted by Gasteiger charge is -2.06. The van der Waals surface area contributed by atoms with E-state index in [4.69, 9.17) is 11.6 Å². The van der Waals surface area contributed by atoms with Gasteiger partial charge in [-0.05, 0) is 45.7 Å². The largest absolute Gasteiger partial charge is 0.300 e. The van der Waals surface area contributed by atoms with Crippen LogP contribution in [0.25, 0.3) is 16.7 Å². The molecule has 0 N–H and O–H groups in total. The molecule has 0 bridgehead atoms. The molecular formula is C12H7BrClN3. The number of fused-ring (bicyclic) bond motifs is 1. The van der Waals surface area contributed by atoms with Crippen molar-refractivity contribution in [1.82, 2.24) is 14.5 Å². The molecule has 3 aromatic rings. The van der Waals surface area contributed by atoms with E-state index in [1.165, 1.54) is 0 Å². The second-order valence-corrected chi connectivity index (χ2v) is 4.75. The predicted octanol–water partition coefficient (Wildman–Crippen LogP) is 3.84. The van der Waals surface area contributed by atoms with Gasteiger partial charge in [0.05, 0.1) is 5.69 Å². The van der Waals surface area contributed by atoms with Crippen LogP contribution in [0.4, 0.5) is 0 Å². The Morgan fingerprint density at radius 2 is 2.00 bits per heavy atom. The van der Waals surface area contributed by atoms with Crippen molar-refractivity contribution in [2.24, 2.45) is 0 Å². The first-order valence-corrected chi connectivity index (χ1v) is 6.17. The molecule has 0 saturated heterocycles. The number of rotatable bonds is 1. The summed E-state index contributed by atoms with van der Waals surface area (Å²) in [5, 5.41) is 1.22. The lowest BCUT2D eigenvalue weighted by atomic mass is 10.3. The highest BCUT2D eigenvalue weighted by Crippen LogP contribution is 2.25. The molecule has 0 aliphatic heterocycles. The van der Waals surface area contributed by atoms with Gasteiger partial charge in [-0.15, -0.1) is 0 Å². The van der Waals surface area contributed by atoms with Gasteiger partial charge >= 0.3 is 0 Å². The van der Waals surface area contributed by atoms with Crippen molar-refractivity contribution in [3.63, 3.8) is 0 Å². The Kier molecular flexibility index (Phi) is 2.61. The Morgan fingerprint density at radius 3 is 2.82 bits per heavy atom. The molecule has 0 radical (unpaired) electrons. The third kappa shape index (κ3) is 1.83. The van der Waals surface area contributed by atoms with Crippen LogP contribution in [0.15, 0.2) is 47.2 Å². The summed E-state index contributed by atoms with van der Waals surface area (Å²) in [7, 11) is 0. The van der Waals surface area contributed by atoms with Gasteiger partial charge in [0.15, 0.2) is 0 Å². The predicted molar refractivity (Wildman–Crippen MR) is 71.6 cm³/mol. The van der Waals surface area contributed by atoms with Crippen molar-refractivity contribution >= 4 is 38.6 Å². The Balaban J connectivity index is 2.31. The van der Waals surface area contributed by atoms with E-state index >= 15 is 0 Å². The normalized spacial score (nSPS) is 10.9. The van der Waals surface area contributed by atoms with Crippen molar-refractivity contribution in [3.05, 3.63) is 52.5 Å². The van der Waals surface area contributed by atoms with Crippen LogP contribution >= 0.6 is 27.5 Å². The number of benzene rings is 1. The molecule has 0 aliphatic rings. The minimum Gasteiger partial charge on any atom is -0.300 e. The van der Waals surface area contributed by atoms with Gasteiger partial charge in [-0.25, -0.2) is 4.98 Å².